The van der Waals surface area contributed by atoms with Gasteiger partial charge < -0.3 is 5.11 Å². The normalized spacial score (nSPS) is 14.0. The molecule has 21 heavy (non-hydrogen) atoms. The fourth-order valence-corrected chi connectivity index (χ4v) is 3.93. The first-order valence-corrected chi connectivity index (χ1v) is 8.91. The average molecular weight is 307 g/mol. The summed E-state index contributed by atoms with van der Waals surface area (Å²) in [5, 5.41) is 11.1. The summed E-state index contributed by atoms with van der Waals surface area (Å²) in [5.74, 6) is 1.10. The van der Waals surface area contributed by atoms with Gasteiger partial charge in [-0.1, -0.05) is 50.6 Å². The van der Waals surface area contributed by atoms with Gasteiger partial charge in [-0.15, -0.1) is 0 Å². The summed E-state index contributed by atoms with van der Waals surface area (Å²) >= 11 is 1.96. The third-order valence-corrected chi connectivity index (χ3v) is 4.87. The Morgan fingerprint density at radius 2 is 1.86 bits per heavy atom. The molecule has 0 aliphatic carbocycles. The van der Waals surface area contributed by atoms with E-state index in [0.29, 0.717) is 22.2 Å². The summed E-state index contributed by atoms with van der Waals surface area (Å²) in [6.07, 6.45) is 5.81. The lowest BCUT2D eigenvalue weighted by Crippen LogP contribution is -2.05. The van der Waals surface area contributed by atoms with Gasteiger partial charge in [0.1, 0.15) is 5.75 Å². The number of hydrogen-bond donors (Lipinski definition) is 1. The molecule has 0 aromatic heterocycles. The van der Waals surface area contributed by atoms with Crippen LogP contribution in [0.1, 0.15) is 64.7 Å². The first kappa shape index (κ1) is 18.2. The number of para-hydroxylation sites is 1. The number of hydrogen-bond acceptors (Lipinski definition) is 2. The van der Waals surface area contributed by atoms with Crippen LogP contribution in [0.5, 0.6) is 5.75 Å². The number of phenolic OH excluding ortho intramolecular Hbond substituents is 1. The second-order valence-electron chi connectivity index (χ2n) is 6.43. The van der Waals surface area contributed by atoms with Crippen molar-refractivity contribution in [1.29, 1.82) is 0 Å². The minimum absolute atomic E-state index is 0.382. The van der Waals surface area contributed by atoms with Crippen molar-refractivity contribution in [3.8, 4) is 5.75 Å². The molecule has 0 amide bonds. The molecule has 1 N–H and O–H groups in total. The molecule has 0 heterocycles. The summed E-state index contributed by atoms with van der Waals surface area (Å²) in [5.41, 5.74) is 2.49. The van der Waals surface area contributed by atoms with E-state index in [1.165, 1.54) is 12.0 Å². The van der Waals surface area contributed by atoms with Crippen molar-refractivity contribution in [2.45, 2.75) is 64.4 Å². The molecule has 0 aliphatic rings. The summed E-state index contributed by atoms with van der Waals surface area (Å²) < 4.78 is 0. The maximum Gasteiger partial charge on any atom is 0.119 e. The highest BCUT2D eigenvalue weighted by Gasteiger charge is 2.19. The van der Waals surface area contributed by atoms with Crippen molar-refractivity contribution in [2.75, 3.05) is 0 Å². The zero-order valence-corrected chi connectivity index (χ0v) is 14.9. The standard InChI is InChI=1S/C19H30OS/c1-14(2)9-8-10-16(5)13-19(21-15(3)4)17-11-6-7-12-18(17)20/h6-7,9,11-12,15-16,19-20H,8,10,13H2,1-5H3. The quantitative estimate of drug-likeness (QED) is 0.565. The highest BCUT2D eigenvalue weighted by atomic mass is 32.2. The maximum absolute atomic E-state index is 10.1. The van der Waals surface area contributed by atoms with Gasteiger partial charge in [0.15, 0.2) is 0 Å². The van der Waals surface area contributed by atoms with Gasteiger partial charge in [0, 0.05) is 10.8 Å². The van der Waals surface area contributed by atoms with Crippen LogP contribution in [0.15, 0.2) is 35.9 Å². The molecular formula is C19H30OS. The minimum atomic E-state index is 0.382. The molecule has 1 nitrogen and oxygen atoms in total. The second kappa shape index (κ2) is 9.19. The maximum atomic E-state index is 10.1. The molecule has 2 heteroatoms. The predicted octanol–water partition coefficient (Wildman–Crippen LogP) is 6.35. The molecule has 0 spiro atoms. The van der Waals surface area contributed by atoms with Crippen LogP contribution in [0.25, 0.3) is 0 Å². The Balaban J connectivity index is 2.70. The molecule has 0 fully saturated rings. The number of thioether (sulfide) groups is 1. The van der Waals surface area contributed by atoms with Crippen molar-refractivity contribution in [3.05, 3.63) is 41.5 Å². The van der Waals surface area contributed by atoms with Crippen molar-refractivity contribution < 1.29 is 5.11 Å². The topological polar surface area (TPSA) is 20.2 Å². The van der Waals surface area contributed by atoms with Gasteiger partial charge in [-0.05, 0) is 50.3 Å². The van der Waals surface area contributed by atoms with E-state index in [2.05, 4.69) is 46.8 Å². The van der Waals surface area contributed by atoms with Crippen LogP contribution >= 0.6 is 11.8 Å². The monoisotopic (exact) mass is 306 g/mol. The third kappa shape index (κ3) is 7.08. The summed E-state index contributed by atoms with van der Waals surface area (Å²) in [6.45, 7) is 11.1. The van der Waals surface area contributed by atoms with Crippen LogP contribution in [0.2, 0.25) is 0 Å². The number of benzene rings is 1. The predicted molar refractivity (Wildman–Crippen MR) is 96.0 cm³/mol. The van der Waals surface area contributed by atoms with Gasteiger partial charge in [0.25, 0.3) is 0 Å². The molecule has 2 unspecified atom stereocenters. The van der Waals surface area contributed by atoms with Crippen LogP contribution in [-0.2, 0) is 0 Å². The first-order valence-electron chi connectivity index (χ1n) is 7.96. The lowest BCUT2D eigenvalue weighted by atomic mass is 9.95. The number of aromatic hydroxyl groups is 1. The Morgan fingerprint density at radius 3 is 2.43 bits per heavy atom. The van der Waals surface area contributed by atoms with Gasteiger partial charge in [-0.25, -0.2) is 0 Å². The summed E-state index contributed by atoms with van der Waals surface area (Å²) in [6, 6.07) is 7.79. The molecule has 2 atom stereocenters. The Kier molecular flexibility index (Phi) is 7.95. The van der Waals surface area contributed by atoms with Crippen LogP contribution < -0.4 is 0 Å². The molecule has 1 rings (SSSR count). The van der Waals surface area contributed by atoms with Gasteiger partial charge >= 0.3 is 0 Å². The lowest BCUT2D eigenvalue weighted by molar-refractivity contribution is 0.453. The number of phenols is 1. The minimum Gasteiger partial charge on any atom is -0.508 e. The lowest BCUT2D eigenvalue weighted by Gasteiger charge is -2.23. The van der Waals surface area contributed by atoms with E-state index in [1.54, 1.807) is 6.07 Å². The number of allylic oxidation sites excluding steroid dienone is 2. The Bertz CT molecular complexity index is 447. The van der Waals surface area contributed by atoms with Gasteiger partial charge in [-0.3, -0.25) is 0 Å². The van der Waals surface area contributed by atoms with Crippen LogP contribution in [0.3, 0.4) is 0 Å². The van der Waals surface area contributed by atoms with Crippen molar-refractivity contribution in [2.24, 2.45) is 5.92 Å². The van der Waals surface area contributed by atoms with Crippen molar-refractivity contribution in [3.63, 3.8) is 0 Å². The van der Waals surface area contributed by atoms with Crippen LogP contribution in [0, 0.1) is 5.92 Å². The van der Waals surface area contributed by atoms with Gasteiger partial charge in [0.2, 0.25) is 0 Å². The summed E-state index contributed by atoms with van der Waals surface area (Å²) in [7, 11) is 0. The molecule has 1 aromatic rings. The highest BCUT2D eigenvalue weighted by molar-refractivity contribution is 8.00. The Morgan fingerprint density at radius 1 is 1.19 bits per heavy atom. The van der Waals surface area contributed by atoms with E-state index in [-0.39, 0.29) is 0 Å². The fourth-order valence-electron chi connectivity index (χ4n) is 2.48. The second-order valence-corrected chi connectivity index (χ2v) is 8.22. The van der Waals surface area contributed by atoms with E-state index in [1.807, 2.05) is 23.9 Å². The van der Waals surface area contributed by atoms with Crippen LogP contribution in [-0.4, -0.2) is 10.4 Å². The van der Waals surface area contributed by atoms with E-state index in [4.69, 9.17) is 0 Å². The van der Waals surface area contributed by atoms with Gasteiger partial charge in [0.05, 0.1) is 0 Å². The molecule has 0 aliphatic heterocycles. The van der Waals surface area contributed by atoms with E-state index in [0.717, 1.165) is 18.4 Å². The molecule has 0 radical (unpaired) electrons. The molecular weight excluding hydrogens is 276 g/mol. The largest absolute Gasteiger partial charge is 0.508 e. The summed E-state index contributed by atoms with van der Waals surface area (Å²) in [4.78, 5) is 0. The third-order valence-electron chi connectivity index (χ3n) is 3.55. The number of rotatable bonds is 8. The van der Waals surface area contributed by atoms with Crippen molar-refractivity contribution >= 4 is 11.8 Å². The molecule has 0 saturated heterocycles. The zero-order chi connectivity index (χ0) is 15.8. The molecule has 0 saturated carbocycles. The molecule has 0 bridgehead atoms. The van der Waals surface area contributed by atoms with Crippen molar-refractivity contribution in [1.82, 2.24) is 0 Å². The SMILES string of the molecule is CC(C)=CCCC(C)CC(SC(C)C)c1ccccc1O. The Labute approximate surface area is 134 Å². The van der Waals surface area contributed by atoms with E-state index < -0.39 is 0 Å². The first-order chi connectivity index (χ1) is 9.90. The zero-order valence-electron chi connectivity index (χ0n) is 14.1. The highest BCUT2D eigenvalue weighted by Crippen LogP contribution is 2.41. The average Bonchev–Trinajstić information content (AvgIpc) is 2.37. The van der Waals surface area contributed by atoms with E-state index in [9.17, 15) is 5.11 Å². The fraction of sp³-hybridized carbons (Fsp3) is 0.579. The smallest absolute Gasteiger partial charge is 0.119 e. The van der Waals surface area contributed by atoms with Gasteiger partial charge in [-0.2, -0.15) is 11.8 Å². The molecule has 1 aromatic carbocycles. The van der Waals surface area contributed by atoms with Crippen LogP contribution in [0.4, 0.5) is 0 Å². The van der Waals surface area contributed by atoms with E-state index >= 15 is 0 Å². The molecule has 118 valence electrons. The Hall–Kier alpha value is -0.890.